The molecule has 0 N–H and O–H groups in total. The second-order valence-electron chi connectivity index (χ2n) is 7.14. The Morgan fingerprint density at radius 3 is 2.82 bits per heavy atom. The summed E-state index contributed by atoms with van der Waals surface area (Å²) in [6.45, 7) is 4.73. The predicted molar refractivity (Wildman–Crippen MR) is 93.6 cm³/mol. The molecule has 3 aliphatic carbocycles. The van der Waals surface area contributed by atoms with Crippen LogP contribution in [-0.2, 0) is 5.41 Å². The monoisotopic (exact) mass is 289 g/mol. The van der Waals surface area contributed by atoms with E-state index in [1.54, 1.807) is 11.1 Å². The first-order valence-electron chi connectivity index (χ1n) is 8.38. The molecule has 0 spiro atoms. The highest BCUT2D eigenvalue weighted by Crippen LogP contribution is 2.53. The normalized spacial score (nSPS) is 30.1. The van der Waals surface area contributed by atoms with Crippen LogP contribution < -0.4 is 0 Å². The Labute approximate surface area is 133 Å². The maximum absolute atomic E-state index is 4.99. The standard InChI is InChI=1S/C21H23N/c1-21(2)19-11-7-6-10-17(19)18-13-12-16(14-20(18)21)22-15-8-4-3-5-9-15/h3-8,10-11,14-15,18H,9,12-13H2,1-2H3. The van der Waals surface area contributed by atoms with E-state index in [2.05, 4.69) is 68.5 Å². The van der Waals surface area contributed by atoms with Gasteiger partial charge in [0.05, 0.1) is 6.04 Å². The topological polar surface area (TPSA) is 12.4 Å². The molecule has 1 aromatic carbocycles. The summed E-state index contributed by atoms with van der Waals surface area (Å²) >= 11 is 0. The van der Waals surface area contributed by atoms with Crippen molar-refractivity contribution in [3.63, 3.8) is 0 Å². The SMILES string of the molecule is CC1(C)C2=CC(=NC3C=CC=CC3)CCC2c2ccccc21. The largest absolute Gasteiger partial charge is 0.282 e. The van der Waals surface area contributed by atoms with E-state index in [0.717, 1.165) is 12.8 Å². The van der Waals surface area contributed by atoms with Gasteiger partial charge < -0.3 is 0 Å². The minimum absolute atomic E-state index is 0.144. The van der Waals surface area contributed by atoms with Gasteiger partial charge >= 0.3 is 0 Å². The van der Waals surface area contributed by atoms with Gasteiger partial charge in [0.1, 0.15) is 0 Å². The van der Waals surface area contributed by atoms with Crippen molar-refractivity contribution in [1.82, 2.24) is 0 Å². The van der Waals surface area contributed by atoms with Gasteiger partial charge in [-0.1, -0.05) is 68.0 Å². The van der Waals surface area contributed by atoms with Crippen LogP contribution in [0.1, 0.15) is 50.2 Å². The van der Waals surface area contributed by atoms with Crippen molar-refractivity contribution in [2.24, 2.45) is 4.99 Å². The number of fused-ring (bicyclic) bond motifs is 3. The van der Waals surface area contributed by atoms with Crippen molar-refractivity contribution in [1.29, 1.82) is 0 Å². The van der Waals surface area contributed by atoms with Gasteiger partial charge in [0.15, 0.2) is 0 Å². The van der Waals surface area contributed by atoms with Crippen LogP contribution in [0, 0.1) is 0 Å². The molecule has 112 valence electrons. The molecule has 1 heteroatoms. The van der Waals surface area contributed by atoms with Gasteiger partial charge in [0.2, 0.25) is 0 Å². The first-order valence-corrected chi connectivity index (χ1v) is 8.38. The molecule has 2 atom stereocenters. The lowest BCUT2D eigenvalue weighted by Gasteiger charge is -2.28. The summed E-state index contributed by atoms with van der Waals surface area (Å²) in [6, 6.07) is 9.31. The van der Waals surface area contributed by atoms with E-state index in [-0.39, 0.29) is 5.41 Å². The molecule has 0 amide bonds. The van der Waals surface area contributed by atoms with E-state index < -0.39 is 0 Å². The van der Waals surface area contributed by atoms with Crippen LogP contribution in [0.2, 0.25) is 0 Å². The molecule has 0 heterocycles. The Morgan fingerprint density at radius 2 is 2.00 bits per heavy atom. The van der Waals surface area contributed by atoms with Crippen molar-refractivity contribution in [3.05, 3.63) is 71.3 Å². The molecule has 22 heavy (non-hydrogen) atoms. The number of nitrogens with zero attached hydrogens (tertiary/aromatic N) is 1. The molecule has 0 saturated heterocycles. The van der Waals surface area contributed by atoms with E-state index in [1.165, 1.54) is 17.7 Å². The average Bonchev–Trinajstić information content (AvgIpc) is 2.77. The fraction of sp³-hybridized carbons (Fsp3) is 0.381. The Kier molecular flexibility index (Phi) is 3.18. The number of hydrogen-bond acceptors (Lipinski definition) is 1. The van der Waals surface area contributed by atoms with Gasteiger partial charge in [-0.3, -0.25) is 4.99 Å². The van der Waals surface area contributed by atoms with E-state index >= 15 is 0 Å². The molecule has 4 rings (SSSR count). The third-order valence-electron chi connectivity index (χ3n) is 5.41. The second-order valence-corrected chi connectivity index (χ2v) is 7.14. The van der Waals surface area contributed by atoms with E-state index in [9.17, 15) is 0 Å². The van der Waals surface area contributed by atoms with Crippen LogP contribution in [0.4, 0.5) is 0 Å². The Bertz CT molecular complexity index is 715. The maximum Gasteiger partial charge on any atom is 0.0720 e. The van der Waals surface area contributed by atoms with Crippen LogP contribution in [0.3, 0.4) is 0 Å². The Hall–Kier alpha value is -1.89. The minimum Gasteiger partial charge on any atom is -0.282 e. The van der Waals surface area contributed by atoms with Gasteiger partial charge in [0, 0.05) is 17.0 Å². The first kappa shape index (κ1) is 13.8. The molecular weight excluding hydrogens is 266 g/mol. The van der Waals surface area contributed by atoms with Crippen molar-refractivity contribution in [2.75, 3.05) is 0 Å². The van der Waals surface area contributed by atoms with Crippen molar-refractivity contribution < 1.29 is 0 Å². The summed E-state index contributed by atoms with van der Waals surface area (Å²) in [5.41, 5.74) is 6.04. The fourth-order valence-corrected chi connectivity index (χ4v) is 4.24. The number of hydrogen-bond donors (Lipinski definition) is 0. The summed E-state index contributed by atoms with van der Waals surface area (Å²) < 4.78 is 0. The van der Waals surface area contributed by atoms with Gasteiger partial charge in [-0.05, 0) is 36.5 Å². The average molecular weight is 289 g/mol. The molecule has 0 bridgehead atoms. The van der Waals surface area contributed by atoms with Crippen LogP contribution in [0.5, 0.6) is 0 Å². The van der Waals surface area contributed by atoms with Crippen molar-refractivity contribution >= 4 is 5.71 Å². The molecule has 0 radical (unpaired) electrons. The van der Waals surface area contributed by atoms with Gasteiger partial charge in [-0.2, -0.15) is 0 Å². The maximum atomic E-state index is 4.99. The third kappa shape index (κ3) is 2.11. The summed E-state index contributed by atoms with van der Waals surface area (Å²) in [5, 5.41) is 0. The van der Waals surface area contributed by atoms with Crippen molar-refractivity contribution in [3.8, 4) is 0 Å². The number of allylic oxidation sites excluding steroid dienone is 4. The minimum atomic E-state index is 0.144. The predicted octanol–water partition coefficient (Wildman–Crippen LogP) is 5.11. The highest BCUT2D eigenvalue weighted by Gasteiger charge is 2.42. The summed E-state index contributed by atoms with van der Waals surface area (Å²) in [7, 11) is 0. The number of aliphatic imine (C=N–C) groups is 1. The molecule has 3 aliphatic rings. The molecular formula is C21H23N. The van der Waals surface area contributed by atoms with Gasteiger partial charge in [-0.15, -0.1) is 0 Å². The first-order chi connectivity index (χ1) is 10.7. The van der Waals surface area contributed by atoms with Gasteiger partial charge in [0.25, 0.3) is 0 Å². The van der Waals surface area contributed by atoms with E-state index in [4.69, 9.17) is 4.99 Å². The second kappa shape index (κ2) is 5.08. The van der Waals surface area contributed by atoms with Crippen molar-refractivity contribution in [2.45, 2.75) is 50.5 Å². The molecule has 0 aromatic heterocycles. The van der Waals surface area contributed by atoms with Crippen LogP contribution >= 0.6 is 0 Å². The third-order valence-corrected chi connectivity index (χ3v) is 5.41. The van der Waals surface area contributed by atoms with Crippen LogP contribution in [0.25, 0.3) is 0 Å². The summed E-state index contributed by atoms with van der Waals surface area (Å²) in [5.74, 6) is 0.604. The highest BCUT2D eigenvalue weighted by molar-refractivity contribution is 5.97. The smallest absolute Gasteiger partial charge is 0.0720 e. The molecule has 1 aromatic rings. The fourth-order valence-electron chi connectivity index (χ4n) is 4.24. The lowest BCUT2D eigenvalue weighted by molar-refractivity contribution is 0.594. The van der Waals surface area contributed by atoms with E-state index in [1.807, 2.05) is 0 Å². The quantitative estimate of drug-likeness (QED) is 0.681. The lowest BCUT2D eigenvalue weighted by atomic mass is 9.77. The molecule has 2 unspecified atom stereocenters. The Balaban J connectivity index is 1.71. The zero-order valence-electron chi connectivity index (χ0n) is 13.4. The Morgan fingerprint density at radius 1 is 1.14 bits per heavy atom. The molecule has 0 saturated carbocycles. The van der Waals surface area contributed by atoms with Gasteiger partial charge in [-0.25, -0.2) is 0 Å². The molecule has 1 nitrogen and oxygen atoms in total. The summed E-state index contributed by atoms with van der Waals surface area (Å²) in [4.78, 5) is 4.99. The van der Waals surface area contributed by atoms with Crippen LogP contribution in [0.15, 0.2) is 65.2 Å². The zero-order chi connectivity index (χ0) is 15.2. The number of benzene rings is 1. The van der Waals surface area contributed by atoms with E-state index in [0.29, 0.717) is 12.0 Å². The number of rotatable bonds is 1. The molecule has 0 fully saturated rings. The zero-order valence-corrected chi connectivity index (χ0v) is 13.4. The highest BCUT2D eigenvalue weighted by atomic mass is 14.8. The molecule has 0 aliphatic heterocycles. The van der Waals surface area contributed by atoms with Crippen LogP contribution in [-0.4, -0.2) is 11.8 Å². The summed E-state index contributed by atoms with van der Waals surface area (Å²) in [6.07, 6.45) is 14.4. The lowest BCUT2D eigenvalue weighted by Crippen LogP contribution is -2.21.